The van der Waals surface area contributed by atoms with Crippen LogP contribution in [0.15, 0.2) is 18.2 Å². The monoisotopic (exact) mass is 232 g/mol. The molecule has 1 unspecified atom stereocenters. The highest BCUT2D eigenvalue weighted by Crippen LogP contribution is 2.44. The summed E-state index contributed by atoms with van der Waals surface area (Å²) in [6.07, 6.45) is 0.445. The standard InChI is InChI=1S/C12H12N2O3/c15-10-4-7-5-14(6-11(16)17)9-3-1-2-8(13-10)12(7)9/h1-3,7H,4-6H2,(H,13,15)(H,16,17). The van der Waals surface area contributed by atoms with Crippen LogP contribution in [0.4, 0.5) is 11.4 Å². The Morgan fingerprint density at radius 1 is 1.53 bits per heavy atom. The molecule has 0 bridgehead atoms. The van der Waals surface area contributed by atoms with Gasteiger partial charge in [0.05, 0.1) is 0 Å². The molecule has 2 N–H and O–H groups in total. The van der Waals surface area contributed by atoms with Gasteiger partial charge in [0.2, 0.25) is 5.91 Å². The molecule has 5 nitrogen and oxygen atoms in total. The Kier molecular flexibility index (Phi) is 2.07. The molecule has 0 fully saturated rings. The van der Waals surface area contributed by atoms with Crippen molar-refractivity contribution in [3.05, 3.63) is 23.8 Å². The van der Waals surface area contributed by atoms with E-state index >= 15 is 0 Å². The molecule has 1 atom stereocenters. The second-order valence-corrected chi connectivity index (χ2v) is 4.46. The molecule has 1 amide bonds. The van der Waals surface area contributed by atoms with E-state index < -0.39 is 5.97 Å². The van der Waals surface area contributed by atoms with Gasteiger partial charge in [0.25, 0.3) is 0 Å². The fourth-order valence-corrected chi connectivity index (χ4v) is 2.73. The molecule has 0 saturated heterocycles. The molecule has 17 heavy (non-hydrogen) atoms. The molecular weight excluding hydrogens is 220 g/mol. The van der Waals surface area contributed by atoms with Crippen molar-refractivity contribution >= 4 is 23.3 Å². The van der Waals surface area contributed by atoms with E-state index in [-0.39, 0.29) is 18.4 Å². The lowest BCUT2D eigenvalue weighted by molar-refractivity contribution is -0.135. The maximum atomic E-state index is 11.5. The van der Waals surface area contributed by atoms with Crippen LogP contribution >= 0.6 is 0 Å². The minimum atomic E-state index is -0.847. The van der Waals surface area contributed by atoms with Gasteiger partial charge in [-0.3, -0.25) is 9.59 Å². The number of carbonyl (C=O) groups excluding carboxylic acids is 1. The number of carbonyl (C=O) groups is 2. The molecule has 3 rings (SSSR count). The van der Waals surface area contributed by atoms with Crippen LogP contribution in [0.2, 0.25) is 0 Å². The summed E-state index contributed by atoms with van der Waals surface area (Å²) >= 11 is 0. The summed E-state index contributed by atoms with van der Waals surface area (Å²) in [7, 11) is 0. The molecule has 2 heterocycles. The van der Waals surface area contributed by atoms with E-state index in [0.29, 0.717) is 13.0 Å². The molecule has 2 aliphatic rings. The lowest BCUT2D eigenvalue weighted by Crippen LogP contribution is -2.29. The van der Waals surface area contributed by atoms with Gasteiger partial charge in [0.1, 0.15) is 6.54 Å². The number of carboxylic acid groups (broad SMARTS) is 1. The van der Waals surface area contributed by atoms with E-state index in [1.165, 1.54) is 0 Å². The Hall–Kier alpha value is -2.04. The van der Waals surface area contributed by atoms with Gasteiger partial charge < -0.3 is 15.3 Å². The minimum absolute atomic E-state index is 0.0109. The van der Waals surface area contributed by atoms with Crippen molar-refractivity contribution in [2.75, 3.05) is 23.3 Å². The number of hydrogen-bond donors (Lipinski definition) is 2. The number of amides is 1. The van der Waals surface area contributed by atoms with Crippen LogP contribution in [-0.2, 0) is 9.59 Å². The van der Waals surface area contributed by atoms with Crippen molar-refractivity contribution in [2.45, 2.75) is 12.3 Å². The molecule has 5 heteroatoms. The average molecular weight is 232 g/mol. The van der Waals surface area contributed by atoms with Gasteiger partial charge in [-0.15, -0.1) is 0 Å². The van der Waals surface area contributed by atoms with Crippen LogP contribution in [0.25, 0.3) is 0 Å². The first-order chi connectivity index (χ1) is 8.15. The molecule has 0 spiro atoms. The molecule has 1 aromatic rings. The first kappa shape index (κ1) is 10.1. The molecule has 0 saturated carbocycles. The Labute approximate surface area is 98.0 Å². The number of hydrogen-bond acceptors (Lipinski definition) is 3. The number of carboxylic acids is 1. The first-order valence-corrected chi connectivity index (χ1v) is 5.54. The highest BCUT2D eigenvalue weighted by atomic mass is 16.4. The van der Waals surface area contributed by atoms with Gasteiger partial charge in [-0.05, 0) is 12.1 Å². The Balaban J connectivity index is 2.03. The van der Waals surface area contributed by atoms with Crippen molar-refractivity contribution in [3.8, 4) is 0 Å². The zero-order chi connectivity index (χ0) is 12.0. The summed E-state index contributed by atoms with van der Waals surface area (Å²) in [5.74, 6) is -0.702. The summed E-state index contributed by atoms with van der Waals surface area (Å²) in [6.45, 7) is 0.604. The van der Waals surface area contributed by atoms with E-state index in [4.69, 9.17) is 5.11 Å². The number of nitrogens with one attached hydrogen (secondary N) is 1. The molecule has 88 valence electrons. The van der Waals surface area contributed by atoms with Crippen LogP contribution in [-0.4, -0.2) is 30.1 Å². The summed E-state index contributed by atoms with van der Waals surface area (Å²) in [5, 5.41) is 11.7. The number of aliphatic carboxylic acids is 1. The topological polar surface area (TPSA) is 69.6 Å². The largest absolute Gasteiger partial charge is 0.480 e. The lowest BCUT2D eigenvalue weighted by Gasteiger charge is -2.20. The summed E-state index contributed by atoms with van der Waals surface area (Å²) < 4.78 is 0. The second kappa shape index (κ2) is 3.48. The Morgan fingerprint density at radius 3 is 3.12 bits per heavy atom. The molecule has 1 aromatic carbocycles. The zero-order valence-corrected chi connectivity index (χ0v) is 9.14. The van der Waals surface area contributed by atoms with Crippen LogP contribution in [0.1, 0.15) is 17.9 Å². The van der Waals surface area contributed by atoms with Crippen molar-refractivity contribution in [1.82, 2.24) is 0 Å². The third-order valence-corrected chi connectivity index (χ3v) is 3.30. The maximum absolute atomic E-state index is 11.5. The minimum Gasteiger partial charge on any atom is -0.480 e. The average Bonchev–Trinajstić information content (AvgIpc) is 2.57. The second-order valence-electron chi connectivity index (χ2n) is 4.46. The van der Waals surface area contributed by atoms with Crippen molar-refractivity contribution in [1.29, 1.82) is 0 Å². The van der Waals surface area contributed by atoms with Crippen LogP contribution in [0, 0.1) is 0 Å². The van der Waals surface area contributed by atoms with Gasteiger partial charge in [-0.25, -0.2) is 0 Å². The third kappa shape index (κ3) is 1.54. The van der Waals surface area contributed by atoms with E-state index in [9.17, 15) is 9.59 Å². The van der Waals surface area contributed by atoms with Crippen LogP contribution in [0.5, 0.6) is 0 Å². The molecule has 0 aromatic heterocycles. The fraction of sp³-hybridized carbons (Fsp3) is 0.333. The Morgan fingerprint density at radius 2 is 2.35 bits per heavy atom. The normalized spacial score (nSPS) is 21.1. The highest BCUT2D eigenvalue weighted by Gasteiger charge is 2.36. The van der Waals surface area contributed by atoms with Gasteiger partial charge in [-0.1, -0.05) is 6.07 Å². The van der Waals surface area contributed by atoms with Gasteiger partial charge in [-0.2, -0.15) is 0 Å². The number of benzene rings is 1. The number of rotatable bonds is 2. The third-order valence-electron chi connectivity index (χ3n) is 3.30. The summed E-state index contributed by atoms with van der Waals surface area (Å²) in [6, 6.07) is 5.63. The van der Waals surface area contributed by atoms with Crippen LogP contribution in [0.3, 0.4) is 0 Å². The maximum Gasteiger partial charge on any atom is 0.323 e. The predicted molar refractivity (Wildman–Crippen MR) is 62.3 cm³/mol. The molecule has 0 aliphatic carbocycles. The quantitative estimate of drug-likeness (QED) is 0.798. The van der Waals surface area contributed by atoms with E-state index in [0.717, 1.165) is 16.9 Å². The van der Waals surface area contributed by atoms with Crippen LogP contribution < -0.4 is 10.2 Å². The van der Waals surface area contributed by atoms with Crippen molar-refractivity contribution in [3.63, 3.8) is 0 Å². The summed E-state index contributed by atoms with van der Waals surface area (Å²) in [4.78, 5) is 24.1. The van der Waals surface area contributed by atoms with Gasteiger partial charge >= 0.3 is 5.97 Å². The Bertz CT molecular complexity index is 512. The number of nitrogens with zero attached hydrogens (tertiary/aromatic N) is 1. The van der Waals surface area contributed by atoms with Gasteiger partial charge in [0.15, 0.2) is 0 Å². The van der Waals surface area contributed by atoms with Crippen molar-refractivity contribution < 1.29 is 14.7 Å². The predicted octanol–water partition coefficient (Wildman–Crippen LogP) is 1.02. The van der Waals surface area contributed by atoms with Gasteiger partial charge in [0, 0.05) is 35.8 Å². The highest BCUT2D eigenvalue weighted by molar-refractivity contribution is 5.97. The van der Waals surface area contributed by atoms with E-state index in [1.54, 1.807) is 0 Å². The molecular formula is C12H12N2O3. The smallest absolute Gasteiger partial charge is 0.323 e. The first-order valence-electron chi connectivity index (χ1n) is 5.54. The lowest BCUT2D eigenvalue weighted by atomic mass is 9.92. The van der Waals surface area contributed by atoms with E-state index in [2.05, 4.69) is 5.32 Å². The number of anilines is 2. The zero-order valence-electron chi connectivity index (χ0n) is 9.14. The fourth-order valence-electron chi connectivity index (χ4n) is 2.73. The van der Waals surface area contributed by atoms with Crippen molar-refractivity contribution in [2.24, 2.45) is 0 Å². The van der Waals surface area contributed by atoms with E-state index in [1.807, 2.05) is 23.1 Å². The SMILES string of the molecule is O=C(O)CN1CC2CC(=O)Nc3cccc1c32. The molecule has 0 radical (unpaired) electrons. The summed E-state index contributed by atoms with van der Waals surface area (Å²) in [5.41, 5.74) is 2.86. The molecule has 2 aliphatic heterocycles.